The lowest BCUT2D eigenvalue weighted by atomic mass is 9.69. The Balaban J connectivity index is 2.26. The first-order valence-electron chi connectivity index (χ1n) is 6.23. The highest BCUT2D eigenvalue weighted by atomic mass is 19.1. The van der Waals surface area contributed by atoms with E-state index in [4.69, 9.17) is 5.73 Å². The lowest BCUT2D eigenvalue weighted by molar-refractivity contribution is 0.170. The van der Waals surface area contributed by atoms with Gasteiger partial charge in [0.1, 0.15) is 11.6 Å². The molecule has 0 bridgehead atoms. The van der Waals surface area contributed by atoms with E-state index in [-0.39, 0.29) is 11.5 Å². The third-order valence-corrected chi connectivity index (χ3v) is 3.99. The maximum absolute atomic E-state index is 13.2. The smallest absolute Gasteiger partial charge is 0.126 e. The normalized spacial score (nSPS) is 21.2. The molecule has 1 saturated carbocycles. The molecule has 1 fully saturated rings. The number of hydrogen-bond acceptors (Lipinski definition) is 1. The van der Waals surface area contributed by atoms with Crippen molar-refractivity contribution in [3.8, 4) is 0 Å². The maximum Gasteiger partial charge on any atom is 0.126 e. The standard InChI is InChI=1S/C14H19F2N/c1-14(5-3-2-4-6-14)13(17)10-7-11(15)9-12(16)8-10/h7-9,13H,2-6,17H2,1H3. The fourth-order valence-corrected chi connectivity index (χ4v) is 2.83. The Bertz CT molecular complexity index is 377. The van der Waals surface area contributed by atoms with Crippen molar-refractivity contribution in [1.29, 1.82) is 0 Å². The van der Waals surface area contributed by atoms with Crippen LogP contribution in [0, 0.1) is 17.0 Å². The Morgan fingerprint density at radius 2 is 1.59 bits per heavy atom. The average molecular weight is 239 g/mol. The summed E-state index contributed by atoms with van der Waals surface area (Å²) in [6.45, 7) is 2.12. The van der Waals surface area contributed by atoms with Crippen LogP contribution in [0.25, 0.3) is 0 Å². The van der Waals surface area contributed by atoms with Crippen molar-refractivity contribution in [2.75, 3.05) is 0 Å². The van der Waals surface area contributed by atoms with Crippen LogP contribution >= 0.6 is 0 Å². The van der Waals surface area contributed by atoms with E-state index in [0.29, 0.717) is 5.56 Å². The van der Waals surface area contributed by atoms with Crippen LogP contribution in [0.2, 0.25) is 0 Å². The minimum Gasteiger partial charge on any atom is -0.323 e. The van der Waals surface area contributed by atoms with E-state index >= 15 is 0 Å². The summed E-state index contributed by atoms with van der Waals surface area (Å²) in [5, 5.41) is 0. The lowest BCUT2D eigenvalue weighted by Gasteiger charge is -2.39. The van der Waals surface area contributed by atoms with Crippen LogP contribution < -0.4 is 5.73 Å². The fraction of sp³-hybridized carbons (Fsp3) is 0.571. The Hall–Kier alpha value is -0.960. The van der Waals surface area contributed by atoms with Gasteiger partial charge in [-0.1, -0.05) is 26.2 Å². The van der Waals surface area contributed by atoms with E-state index in [1.54, 1.807) is 0 Å². The first-order chi connectivity index (χ1) is 8.01. The predicted octanol–water partition coefficient (Wildman–Crippen LogP) is 3.94. The highest BCUT2D eigenvalue weighted by Gasteiger charge is 2.34. The first-order valence-corrected chi connectivity index (χ1v) is 6.23. The summed E-state index contributed by atoms with van der Waals surface area (Å²) in [5.41, 5.74) is 6.75. The number of halogens is 2. The maximum atomic E-state index is 13.2. The molecular formula is C14H19F2N. The van der Waals surface area contributed by atoms with Gasteiger partial charge in [0.15, 0.2) is 0 Å². The second-order valence-electron chi connectivity index (χ2n) is 5.40. The van der Waals surface area contributed by atoms with Crippen molar-refractivity contribution < 1.29 is 8.78 Å². The molecule has 94 valence electrons. The molecule has 1 aliphatic rings. The molecule has 2 N–H and O–H groups in total. The molecule has 2 rings (SSSR count). The van der Waals surface area contributed by atoms with Crippen LogP contribution in [-0.2, 0) is 0 Å². The number of nitrogens with two attached hydrogens (primary N) is 1. The summed E-state index contributed by atoms with van der Waals surface area (Å²) < 4.78 is 26.4. The lowest BCUT2D eigenvalue weighted by Crippen LogP contribution is -2.34. The van der Waals surface area contributed by atoms with Gasteiger partial charge in [-0.2, -0.15) is 0 Å². The zero-order valence-corrected chi connectivity index (χ0v) is 10.2. The monoisotopic (exact) mass is 239 g/mol. The number of rotatable bonds is 2. The van der Waals surface area contributed by atoms with Crippen molar-refractivity contribution in [3.63, 3.8) is 0 Å². The molecule has 0 aromatic heterocycles. The molecule has 3 heteroatoms. The summed E-state index contributed by atoms with van der Waals surface area (Å²) in [7, 11) is 0. The molecule has 0 saturated heterocycles. The molecule has 1 aromatic rings. The van der Waals surface area contributed by atoms with E-state index in [1.165, 1.54) is 18.6 Å². The minimum absolute atomic E-state index is 0.0293. The second-order valence-corrected chi connectivity index (χ2v) is 5.40. The molecule has 1 aromatic carbocycles. The molecule has 0 heterocycles. The van der Waals surface area contributed by atoms with Gasteiger partial charge < -0.3 is 5.73 Å². The van der Waals surface area contributed by atoms with Crippen molar-refractivity contribution >= 4 is 0 Å². The van der Waals surface area contributed by atoms with Crippen molar-refractivity contribution in [3.05, 3.63) is 35.4 Å². The van der Waals surface area contributed by atoms with Gasteiger partial charge in [-0.15, -0.1) is 0 Å². The zero-order chi connectivity index (χ0) is 12.5. The number of hydrogen-bond donors (Lipinski definition) is 1. The molecular weight excluding hydrogens is 220 g/mol. The predicted molar refractivity (Wildman–Crippen MR) is 64.5 cm³/mol. The molecule has 0 spiro atoms. The third-order valence-electron chi connectivity index (χ3n) is 3.99. The van der Waals surface area contributed by atoms with Crippen LogP contribution in [0.1, 0.15) is 50.6 Å². The molecule has 0 amide bonds. The minimum atomic E-state index is -0.546. The fourth-order valence-electron chi connectivity index (χ4n) is 2.83. The largest absolute Gasteiger partial charge is 0.323 e. The van der Waals surface area contributed by atoms with Crippen molar-refractivity contribution in [1.82, 2.24) is 0 Å². The topological polar surface area (TPSA) is 26.0 Å². The van der Waals surface area contributed by atoms with Gasteiger partial charge >= 0.3 is 0 Å². The van der Waals surface area contributed by atoms with Gasteiger partial charge in [-0.05, 0) is 36.0 Å². The highest BCUT2D eigenvalue weighted by Crippen LogP contribution is 2.44. The Kier molecular flexibility index (Phi) is 3.48. The van der Waals surface area contributed by atoms with E-state index in [2.05, 4.69) is 6.92 Å². The van der Waals surface area contributed by atoms with Crippen LogP contribution in [0.15, 0.2) is 18.2 Å². The van der Waals surface area contributed by atoms with Gasteiger partial charge in [0.2, 0.25) is 0 Å². The average Bonchev–Trinajstić information content (AvgIpc) is 2.27. The van der Waals surface area contributed by atoms with Crippen LogP contribution in [0.3, 0.4) is 0 Å². The van der Waals surface area contributed by atoms with Crippen LogP contribution in [0.5, 0.6) is 0 Å². The first kappa shape index (κ1) is 12.5. The molecule has 0 aliphatic heterocycles. The summed E-state index contributed by atoms with van der Waals surface area (Å²) in [6.07, 6.45) is 5.61. The summed E-state index contributed by atoms with van der Waals surface area (Å²) >= 11 is 0. The van der Waals surface area contributed by atoms with E-state index < -0.39 is 11.6 Å². The molecule has 17 heavy (non-hydrogen) atoms. The Morgan fingerprint density at radius 3 is 2.12 bits per heavy atom. The third kappa shape index (κ3) is 2.65. The van der Waals surface area contributed by atoms with E-state index in [9.17, 15) is 8.78 Å². The van der Waals surface area contributed by atoms with Gasteiger partial charge in [-0.3, -0.25) is 0 Å². The molecule has 0 radical (unpaired) electrons. The molecule has 1 unspecified atom stereocenters. The quantitative estimate of drug-likeness (QED) is 0.831. The van der Waals surface area contributed by atoms with Gasteiger partial charge in [0.05, 0.1) is 0 Å². The summed E-state index contributed by atoms with van der Waals surface area (Å²) in [6, 6.07) is 3.31. The molecule has 1 nitrogen and oxygen atoms in total. The Morgan fingerprint density at radius 1 is 1.06 bits per heavy atom. The van der Waals surface area contributed by atoms with Crippen molar-refractivity contribution in [2.45, 2.75) is 45.1 Å². The van der Waals surface area contributed by atoms with E-state index in [1.807, 2.05) is 0 Å². The van der Waals surface area contributed by atoms with Gasteiger partial charge in [0.25, 0.3) is 0 Å². The van der Waals surface area contributed by atoms with Crippen molar-refractivity contribution in [2.24, 2.45) is 11.1 Å². The SMILES string of the molecule is CC1(C(N)c2cc(F)cc(F)c2)CCCCC1. The second kappa shape index (κ2) is 4.73. The number of benzene rings is 1. The molecule has 1 atom stereocenters. The van der Waals surface area contributed by atoms with E-state index in [0.717, 1.165) is 31.7 Å². The van der Waals surface area contributed by atoms with Crippen LogP contribution in [0.4, 0.5) is 8.78 Å². The summed E-state index contributed by atoms with van der Waals surface area (Å²) in [4.78, 5) is 0. The highest BCUT2D eigenvalue weighted by molar-refractivity contribution is 5.23. The Labute approximate surface area is 101 Å². The van der Waals surface area contributed by atoms with Gasteiger partial charge in [-0.25, -0.2) is 8.78 Å². The van der Waals surface area contributed by atoms with Gasteiger partial charge in [0, 0.05) is 12.1 Å². The zero-order valence-electron chi connectivity index (χ0n) is 10.2. The molecule has 1 aliphatic carbocycles. The van der Waals surface area contributed by atoms with Crippen LogP contribution in [-0.4, -0.2) is 0 Å². The summed E-state index contributed by atoms with van der Waals surface area (Å²) in [5.74, 6) is -1.09.